The van der Waals surface area contributed by atoms with E-state index in [0.29, 0.717) is 0 Å². The lowest BCUT2D eigenvalue weighted by molar-refractivity contribution is 0.661. The molecule has 0 saturated heterocycles. The molecule has 248 valence electrons. The summed E-state index contributed by atoms with van der Waals surface area (Å²) in [6, 6.07) is 67.9. The fraction of sp³-hybridized carbons (Fsp3) is 0.0566. The normalized spacial score (nSPS) is 13.2. The monoisotopic (exact) mass is 672 g/mol. The van der Waals surface area contributed by atoms with Crippen molar-refractivity contribution in [3.63, 3.8) is 0 Å². The largest absolute Gasteiger partial charge is 0.0616 e. The summed E-state index contributed by atoms with van der Waals surface area (Å²) in [5.74, 6) is 0. The Hall–Kier alpha value is -6.50. The van der Waals surface area contributed by atoms with Gasteiger partial charge in [-0.3, -0.25) is 0 Å². The van der Waals surface area contributed by atoms with Gasteiger partial charge in [-0.05, 0) is 128 Å². The minimum Gasteiger partial charge on any atom is -0.0616 e. The van der Waals surface area contributed by atoms with E-state index in [4.69, 9.17) is 0 Å². The first-order chi connectivity index (χ1) is 26.1. The van der Waals surface area contributed by atoms with Crippen molar-refractivity contribution in [3.8, 4) is 44.5 Å². The number of hydrogen-bond acceptors (Lipinski definition) is 0. The molecule has 53 heavy (non-hydrogen) atoms. The molecule has 0 saturated carbocycles. The van der Waals surface area contributed by atoms with Gasteiger partial charge in [0.25, 0.3) is 0 Å². The van der Waals surface area contributed by atoms with Gasteiger partial charge in [0, 0.05) is 5.41 Å². The molecule has 0 heterocycles. The van der Waals surface area contributed by atoms with Crippen LogP contribution in [0.25, 0.3) is 98.4 Å². The van der Waals surface area contributed by atoms with Crippen molar-refractivity contribution >= 4 is 53.9 Å². The van der Waals surface area contributed by atoms with Crippen molar-refractivity contribution in [2.24, 2.45) is 0 Å². The van der Waals surface area contributed by atoms with Crippen LogP contribution in [-0.4, -0.2) is 0 Å². The molecule has 0 atom stereocenters. The third kappa shape index (κ3) is 4.36. The first kappa shape index (κ1) is 30.2. The average Bonchev–Trinajstić information content (AvgIpc) is 3.45. The highest BCUT2D eigenvalue weighted by atomic mass is 14.4. The highest BCUT2D eigenvalue weighted by Crippen LogP contribution is 2.53. The summed E-state index contributed by atoms with van der Waals surface area (Å²) in [6.45, 7) is 4.75. The Bertz CT molecular complexity index is 3080. The van der Waals surface area contributed by atoms with E-state index in [1.807, 2.05) is 0 Å². The first-order valence-corrected chi connectivity index (χ1v) is 18.7. The van der Waals surface area contributed by atoms with Crippen LogP contribution in [0, 0.1) is 0 Å². The quantitative estimate of drug-likeness (QED) is 0.129. The van der Waals surface area contributed by atoms with Gasteiger partial charge in [0.2, 0.25) is 0 Å². The maximum atomic E-state index is 2.48. The lowest BCUT2D eigenvalue weighted by Gasteiger charge is -2.22. The predicted molar refractivity (Wildman–Crippen MR) is 228 cm³/mol. The third-order valence-electron chi connectivity index (χ3n) is 12.0. The van der Waals surface area contributed by atoms with Crippen molar-refractivity contribution in [2.75, 3.05) is 0 Å². The molecule has 10 aromatic rings. The summed E-state index contributed by atoms with van der Waals surface area (Å²) in [7, 11) is 0. The molecule has 0 N–H and O–H groups in total. The third-order valence-corrected chi connectivity index (χ3v) is 12.0. The molecule has 10 aromatic carbocycles. The summed E-state index contributed by atoms with van der Waals surface area (Å²) in [6.07, 6.45) is 0. The van der Waals surface area contributed by atoms with E-state index in [9.17, 15) is 0 Å². The molecule has 0 heteroatoms. The molecule has 1 aliphatic carbocycles. The van der Waals surface area contributed by atoms with Crippen molar-refractivity contribution in [1.29, 1.82) is 0 Å². The maximum absolute atomic E-state index is 2.48. The van der Waals surface area contributed by atoms with E-state index in [2.05, 4.69) is 196 Å². The molecular weight excluding hydrogens is 637 g/mol. The fourth-order valence-electron chi connectivity index (χ4n) is 9.56. The van der Waals surface area contributed by atoms with Crippen LogP contribution >= 0.6 is 0 Å². The molecule has 0 nitrogen and oxygen atoms in total. The van der Waals surface area contributed by atoms with E-state index in [1.165, 1.54) is 109 Å². The fourth-order valence-corrected chi connectivity index (χ4v) is 9.56. The van der Waals surface area contributed by atoms with Crippen molar-refractivity contribution in [1.82, 2.24) is 0 Å². The Labute approximate surface area is 309 Å². The Morgan fingerprint density at radius 3 is 1.47 bits per heavy atom. The molecule has 0 radical (unpaired) electrons. The molecule has 0 spiro atoms. The van der Waals surface area contributed by atoms with Gasteiger partial charge in [-0.25, -0.2) is 0 Å². The zero-order chi connectivity index (χ0) is 35.3. The second kappa shape index (κ2) is 11.2. The average molecular weight is 673 g/mol. The van der Waals surface area contributed by atoms with Crippen molar-refractivity contribution in [2.45, 2.75) is 19.3 Å². The van der Waals surface area contributed by atoms with Crippen LogP contribution in [0.1, 0.15) is 25.0 Å². The van der Waals surface area contributed by atoms with E-state index in [-0.39, 0.29) is 5.41 Å². The molecule has 0 fully saturated rings. The number of fused-ring (bicyclic) bond motifs is 10. The molecule has 0 aliphatic heterocycles. The van der Waals surface area contributed by atoms with Crippen LogP contribution < -0.4 is 0 Å². The van der Waals surface area contributed by atoms with Crippen LogP contribution in [0.3, 0.4) is 0 Å². The molecule has 0 bridgehead atoms. The Morgan fingerprint density at radius 1 is 0.283 bits per heavy atom. The van der Waals surface area contributed by atoms with Gasteiger partial charge < -0.3 is 0 Å². The van der Waals surface area contributed by atoms with Crippen LogP contribution in [0.15, 0.2) is 182 Å². The van der Waals surface area contributed by atoms with Gasteiger partial charge in [0.1, 0.15) is 0 Å². The van der Waals surface area contributed by atoms with E-state index >= 15 is 0 Å². The van der Waals surface area contributed by atoms with Gasteiger partial charge in [-0.1, -0.05) is 178 Å². The maximum Gasteiger partial charge on any atom is 0.0159 e. The van der Waals surface area contributed by atoms with E-state index in [0.717, 1.165) is 0 Å². The summed E-state index contributed by atoms with van der Waals surface area (Å²) >= 11 is 0. The highest BCUT2D eigenvalue weighted by Gasteiger charge is 2.36. The standard InChI is InChI=1S/C53H36/c1-53(2)48-28-27-37(32-47(48)52-39-19-6-3-14-33(39)26-29-49(52)53)51-44-24-11-9-22-42(44)50(43-23-10-12-25-45(43)51)36-17-13-16-34(30-36)46-31-35-15-4-5-18-38(35)40-20-7-8-21-41(40)46/h3-32H,1-2H3. The van der Waals surface area contributed by atoms with E-state index in [1.54, 1.807) is 0 Å². The van der Waals surface area contributed by atoms with Crippen LogP contribution in [0.5, 0.6) is 0 Å². The number of hydrogen-bond donors (Lipinski definition) is 0. The molecule has 0 aromatic heterocycles. The Balaban J connectivity index is 1.16. The predicted octanol–water partition coefficient (Wildman–Crippen LogP) is 14.8. The second-order valence-electron chi connectivity index (χ2n) is 15.2. The molecule has 1 aliphatic rings. The first-order valence-electron chi connectivity index (χ1n) is 18.7. The minimum atomic E-state index is -0.0669. The highest BCUT2D eigenvalue weighted by molar-refractivity contribution is 6.22. The second-order valence-corrected chi connectivity index (χ2v) is 15.2. The van der Waals surface area contributed by atoms with Gasteiger partial charge >= 0.3 is 0 Å². The van der Waals surface area contributed by atoms with Crippen molar-refractivity contribution < 1.29 is 0 Å². The summed E-state index contributed by atoms with van der Waals surface area (Å²) in [5.41, 5.74) is 13.0. The molecule has 0 unspecified atom stereocenters. The molecule has 0 amide bonds. The van der Waals surface area contributed by atoms with Gasteiger partial charge in [0.15, 0.2) is 0 Å². The molecule has 11 rings (SSSR count). The van der Waals surface area contributed by atoms with Crippen molar-refractivity contribution in [3.05, 3.63) is 193 Å². The van der Waals surface area contributed by atoms with E-state index < -0.39 is 0 Å². The summed E-state index contributed by atoms with van der Waals surface area (Å²) < 4.78 is 0. The van der Waals surface area contributed by atoms with Gasteiger partial charge in [-0.2, -0.15) is 0 Å². The zero-order valence-corrected chi connectivity index (χ0v) is 29.8. The molecular formula is C53H36. The smallest absolute Gasteiger partial charge is 0.0159 e. The lowest BCUT2D eigenvalue weighted by Crippen LogP contribution is -2.14. The SMILES string of the molecule is CC1(C)c2ccc(-c3c4ccccc4c(-c4cccc(-c5cc6ccccc6c6ccccc56)c4)c4ccccc34)cc2-c2c1ccc1ccccc21. The zero-order valence-electron chi connectivity index (χ0n) is 29.8. The summed E-state index contributed by atoms with van der Waals surface area (Å²) in [4.78, 5) is 0. The van der Waals surface area contributed by atoms with Crippen LogP contribution in [-0.2, 0) is 5.41 Å². The number of benzene rings is 10. The van der Waals surface area contributed by atoms with Crippen LogP contribution in [0.2, 0.25) is 0 Å². The van der Waals surface area contributed by atoms with Gasteiger partial charge in [0.05, 0.1) is 0 Å². The summed E-state index contributed by atoms with van der Waals surface area (Å²) in [5, 5.41) is 12.8. The minimum absolute atomic E-state index is 0.0669. The lowest BCUT2D eigenvalue weighted by atomic mass is 9.81. The Morgan fingerprint density at radius 2 is 0.792 bits per heavy atom. The van der Waals surface area contributed by atoms with Crippen LogP contribution in [0.4, 0.5) is 0 Å². The van der Waals surface area contributed by atoms with Gasteiger partial charge in [-0.15, -0.1) is 0 Å². The Kier molecular flexibility index (Phi) is 6.40. The number of rotatable bonds is 3. The topological polar surface area (TPSA) is 0 Å².